The lowest BCUT2D eigenvalue weighted by atomic mass is 9.86. The highest BCUT2D eigenvalue weighted by molar-refractivity contribution is 6.27. The molecule has 0 fully saturated rings. The number of rotatable bonds is 3. The van der Waals surface area contributed by atoms with Crippen molar-refractivity contribution in [1.29, 1.82) is 0 Å². The molecule has 0 bridgehead atoms. The van der Waals surface area contributed by atoms with E-state index >= 15 is 0 Å². The van der Waals surface area contributed by atoms with Crippen LogP contribution in [0.5, 0.6) is 0 Å². The minimum Gasteiger partial charge on any atom is -0.456 e. The second-order valence-corrected chi connectivity index (χ2v) is 12.8. The molecule has 3 nitrogen and oxygen atoms in total. The number of aromatic nitrogens is 1. The first-order valence-corrected chi connectivity index (χ1v) is 16.7. The highest BCUT2D eigenvalue weighted by Gasteiger charge is 2.23. The topological polar surface area (TPSA) is 31.2 Å². The number of fused-ring (bicyclic) bond motifs is 10. The highest BCUT2D eigenvalue weighted by atomic mass is 16.3. The number of benzene rings is 8. The van der Waals surface area contributed by atoms with Crippen LogP contribution in [0, 0.1) is 0 Å². The molecule has 0 saturated carbocycles. The first kappa shape index (κ1) is 26.5. The fourth-order valence-electron chi connectivity index (χ4n) is 8.23. The lowest BCUT2D eigenvalue weighted by molar-refractivity contribution is 0.632. The summed E-state index contributed by atoms with van der Waals surface area (Å²) in [7, 11) is 0. The van der Waals surface area contributed by atoms with Gasteiger partial charge in [-0.15, -0.1) is 0 Å². The van der Waals surface area contributed by atoms with E-state index < -0.39 is 0 Å². The Balaban J connectivity index is 1.25. The normalized spacial score (nSPS) is 12.1. The van der Waals surface area contributed by atoms with E-state index in [1.165, 1.54) is 43.7 Å². The van der Waals surface area contributed by atoms with Gasteiger partial charge in [-0.1, -0.05) is 115 Å². The molecule has 0 amide bonds. The molecular formula is C46H27NO2. The first-order chi connectivity index (χ1) is 24.3. The van der Waals surface area contributed by atoms with Gasteiger partial charge in [0.25, 0.3) is 0 Å². The van der Waals surface area contributed by atoms with Crippen molar-refractivity contribution in [2.24, 2.45) is 0 Å². The first-order valence-electron chi connectivity index (χ1n) is 16.7. The molecular weight excluding hydrogens is 599 g/mol. The minimum absolute atomic E-state index is 0.852. The van der Waals surface area contributed by atoms with E-state index in [2.05, 4.69) is 144 Å². The molecule has 3 heteroatoms. The number of furan rings is 2. The maximum atomic E-state index is 6.78. The van der Waals surface area contributed by atoms with Crippen LogP contribution in [-0.2, 0) is 0 Å². The quantitative estimate of drug-likeness (QED) is 0.183. The molecule has 0 unspecified atom stereocenters. The van der Waals surface area contributed by atoms with Gasteiger partial charge in [0.1, 0.15) is 22.5 Å². The van der Waals surface area contributed by atoms with Crippen LogP contribution in [0.2, 0.25) is 0 Å². The summed E-state index contributed by atoms with van der Waals surface area (Å²) in [5, 5.41) is 10.5. The predicted molar refractivity (Wildman–Crippen MR) is 204 cm³/mol. The fraction of sp³-hybridized carbons (Fsp3) is 0. The van der Waals surface area contributed by atoms with Crippen molar-refractivity contribution in [3.05, 3.63) is 164 Å². The molecule has 3 heterocycles. The summed E-state index contributed by atoms with van der Waals surface area (Å²) >= 11 is 0. The van der Waals surface area contributed by atoms with Crippen LogP contribution in [-0.4, -0.2) is 4.57 Å². The van der Waals surface area contributed by atoms with E-state index in [0.29, 0.717) is 0 Å². The molecule has 11 rings (SSSR count). The van der Waals surface area contributed by atoms with E-state index in [-0.39, 0.29) is 0 Å². The molecule has 0 spiro atoms. The average molecular weight is 626 g/mol. The summed E-state index contributed by atoms with van der Waals surface area (Å²) in [6.45, 7) is 0. The Labute approximate surface area is 280 Å². The van der Waals surface area contributed by atoms with E-state index in [1.807, 2.05) is 24.3 Å². The summed E-state index contributed by atoms with van der Waals surface area (Å²) in [5.74, 6) is 0.852. The van der Waals surface area contributed by atoms with Gasteiger partial charge in [0.15, 0.2) is 0 Å². The molecule has 0 N–H and O–H groups in total. The van der Waals surface area contributed by atoms with E-state index in [4.69, 9.17) is 8.83 Å². The molecule has 49 heavy (non-hydrogen) atoms. The van der Waals surface area contributed by atoms with Gasteiger partial charge in [-0.05, 0) is 81.2 Å². The van der Waals surface area contributed by atoms with Crippen molar-refractivity contribution >= 4 is 76.3 Å². The standard InChI is InChI=1S/C46H27NO2/c1-2-13-28(14-3-1)47-37-22-10-8-19-33(37)44-35(21-12-23-38(44)47)43-29-15-4-6-17-31(29)45(32-18-7-5-16-30(32)43)42-27-36-40(49-42)25-26-41-46(36)34-20-9-11-24-39(34)48-41/h1-27H. The Morgan fingerprint density at radius 1 is 0.347 bits per heavy atom. The van der Waals surface area contributed by atoms with Crippen molar-refractivity contribution < 1.29 is 8.83 Å². The van der Waals surface area contributed by atoms with Gasteiger partial charge < -0.3 is 13.4 Å². The predicted octanol–water partition coefficient (Wildman–Crippen LogP) is 13.1. The Bertz CT molecular complexity index is 3050. The van der Waals surface area contributed by atoms with Crippen LogP contribution >= 0.6 is 0 Å². The summed E-state index contributed by atoms with van der Waals surface area (Å²) in [4.78, 5) is 0. The zero-order valence-electron chi connectivity index (χ0n) is 26.4. The van der Waals surface area contributed by atoms with Gasteiger partial charge in [0.2, 0.25) is 0 Å². The average Bonchev–Trinajstić information content (AvgIpc) is 3.86. The van der Waals surface area contributed by atoms with Gasteiger partial charge >= 0.3 is 0 Å². The second kappa shape index (κ2) is 9.96. The third-order valence-electron chi connectivity index (χ3n) is 10.2. The van der Waals surface area contributed by atoms with Gasteiger partial charge in [-0.25, -0.2) is 0 Å². The Morgan fingerprint density at radius 3 is 1.67 bits per heavy atom. The Morgan fingerprint density at radius 2 is 0.918 bits per heavy atom. The zero-order chi connectivity index (χ0) is 32.1. The SMILES string of the molecule is c1ccc(-n2c3ccccc3c3c(-c4c5ccccc5c(-c5cc6c(ccc7oc8ccccc8c76)o5)c5ccccc45)cccc32)cc1. The molecule has 3 aromatic heterocycles. The Hall–Kier alpha value is -6.58. The van der Waals surface area contributed by atoms with E-state index in [1.54, 1.807) is 0 Å². The third-order valence-corrected chi connectivity index (χ3v) is 10.2. The van der Waals surface area contributed by atoms with Gasteiger partial charge in [0.05, 0.1) is 11.0 Å². The van der Waals surface area contributed by atoms with Crippen LogP contribution in [0.25, 0.3) is 104 Å². The fourth-order valence-corrected chi connectivity index (χ4v) is 8.23. The van der Waals surface area contributed by atoms with E-state index in [0.717, 1.165) is 60.7 Å². The summed E-state index contributed by atoms with van der Waals surface area (Å²) in [6, 6.07) is 58.3. The summed E-state index contributed by atoms with van der Waals surface area (Å²) in [5.41, 5.74) is 9.70. The highest BCUT2D eigenvalue weighted by Crippen LogP contribution is 2.48. The lowest BCUT2D eigenvalue weighted by Gasteiger charge is -2.17. The number of hydrogen-bond acceptors (Lipinski definition) is 2. The molecule has 228 valence electrons. The van der Waals surface area contributed by atoms with Crippen molar-refractivity contribution in [2.45, 2.75) is 0 Å². The molecule has 0 aliphatic heterocycles. The van der Waals surface area contributed by atoms with Crippen LogP contribution in [0.15, 0.2) is 173 Å². The van der Waals surface area contributed by atoms with Gasteiger partial charge in [-0.3, -0.25) is 0 Å². The number of para-hydroxylation sites is 3. The molecule has 0 radical (unpaired) electrons. The van der Waals surface area contributed by atoms with Crippen molar-refractivity contribution in [2.75, 3.05) is 0 Å². The maximum Gasteiger partial charge on any atom is 0.136 e. The molecule has 11 aromatic rings. The van der Waals surface area contributed by atoms with Crippen LogP contribution in [0.4, 0.5) is 0 Å². The van der Waals surface area contributed by atoms with Crippen molar-refractivity contribution in [1.82, 2.24) is 4.57 Å². The smallest absolute Gasteiger partial charge is 0.136 e. The number of nitrogens with zero attached hydrogens (tertiary/aromatic N) is 1. The van der Waals surface area contributed by atoms with Crippen LogP contribution in [0.3, 0.4) is 0 Å². The lowest BCUT2D eigenvalue weighted by Crippen LogP contribution is -1.93. The minimum atomic E-state index is 0.852. The van der Waals surface area contributed by atoms with Crippen LogP contribution in [0.1, 0.15) is 0 Å². The molecule has 0 atom stereocenters. The van der Waals surface area contributed by atoms with Gasteiger partial charge in [0, 0.05) is 38.2 Å². The van der Waals surface area contributed by atoms with Gasteiger partial charge in [-0.2, -0.15) is 0 Å². The number of hydrogen-bond donors (Lipinski definition) is 0. The van der Waals surface area contributed by atoms with E-state index in [9.17, 15) is 0 Å². The summed E-state index contributed by atoms with van der Waals surface area (Å²) < 4.78 is 15.4. The maximum absolute atomic E-state index is 6.78. The third kappa shape index (κ3) is 3.67. The molecule has 8 aromatic carbocycles. The monoisotopic (exact) mass is 625 g/mol. The second-order valence-electron chi connectivity index (χ2n) is 12.8. The molecule has 0 aliphatic rings. The Kier molecular flexibility index (Phi) is 5.38. The zero-order valence-corrected chi connectivity index (χ0v) is 26.4. The largest absolute Gasteiger partial charge is 0.456 e. The molecule has 0 aliphatic carbocycles. The summed E-state index contributed by atoms with van der Waals surface area (Å²) in [6.07, 6.45) is 0. The van der Waals surface area contributed by atoms with Crippen molar-refractivity contribution in [3.63, 3.8) is 0 Å². The van der Waals surface area contributed by atoms with Crippen molar-refractivity contribution in [3.8, 4) is 28.1 Å². The van der Waals surface area contributed by atoms with Crippen LogP contribution < -0.4 is 0 Å². The molecule has 0 saturated heterocycles.